The Balaban J connectivity index is 1.92. The van der Waals surface area contributed by atoms with Gasteiger partial charge < -0.3 is 9.64 Å². The van der Waals surface area contributed by atoms with Crippen molar-refractivity contribution in [1.29, 1.82) is 5.26 Å². The van der Waals surface area contributed by atoms with Crippen LogP contribution in [0.2, 0.25) is 5.02 Å². The van der Waals surface area contributed by atoms with Crippen molar-refractivity contribution in [2.75, 3.05) is 24.6 Å². The number of anilines is 1. The zero-order valence-electron chi connectivity index (χ0n) is 12.6. The number of hydrogen-bond acceptors (Lipinski definition) is 4. The molecule has 0 N–H and O–H groups in total. The first kappa shape index (κ1) is 14.9. The maximum absolute atomic E-state index is 9.34. The van der Waals surface area contributed by atoms with E-state index in [1.54, 1.807) is 10.7 Å². The summed E-state index contributed by atoms with van der Waals surface area (Å²) in [6.07, 6.45) is 3.80. The van der Waals surface area contributed by atoms with Gasteiger partial charge >= 0.3 is 0 Å². The molecule has 1 aromatic carbocycles. The smallest absolute Gasteiger partial charge is 0.111 e. The van der Waals surface area contributed by atoms with Gasteiger partial charge in [-0.2, -0.15) is 10.4 Å². The minimum Gasteiger partial charge on any atom is -0.367 e. The average Bonchev–Trinajstić information content (AvgIpc) is 2.94. The number of aromatic nitrogens is 2. The highest BCUT2D eigenvalue weighted by molar-refractivity contribution is 6.30. The van der Waals surface area contributed by atoms with E-state index in [0.29, 0.717) is 23.7 Å². The molecule has 1 atom stereocenters. The highest BCUT2D eigenvalue weighted by Gasteiger charge is 2.35. The quantitative estimate of drug-likeness (QED) is 0.855. The number of morpholine rings is 1. The summed E-state index contributed by atoms with van der Waals surface area (Å²) in [6, 6.07) is 7.64. The molecule has 0 saturated carbocycles. The Kier molecular flexibility index (Phi) is 3.81. The third-order valence-electron chi connectivity index (χ3n) is 4.01. The summed E-state index contributed by atoms with van der Waals surface area (Å²) >= 11 is 5.98. The third kappa shape index (κ3) is 2.68. The molecule has 1 unspecified atom stereocenters. The molecule has 0 aliphatic carbocycles. The standard InChI is InChI=1S/C16H17ClN4O/c1-16(13-9-19-20(2)10-13)11-21(5-6-22-16)15-4-3-14(17)7-12(15)8-18/h3-4,7,9-10H,5-6,11H2,1-2H3. The van der Waals surface area contributed by atoms with Gasteiger partial charge in [-0.3, -0.25) is 4.68 Å². The van der Waals surface area contributed by atoms with E-state index in [2.05, 4.69) is 23.0 Å². The molecule has 114 valence electrons. The Morgan fingerprint density at radius 2 is 2.27 bits per heavy atom. The number of nitrogens with zero attached hydrogens (tertiary/aromatic N) is 4. The molecule has 6 heteroatoms. The van der Waals surface area contributed by atoms with Gasteiger partial charge in [0.1, 0.15) is 11.7 Å². The molecule has 1 aliphatic rings. The van der Waals surface area contributed by atoms with Crippen molar-refractivity contribution in [2.24, 2.45) is 7.05 Å². The predicted molar refractivity (Wildman–Crippen MR) is 84.9 cm³/mol. The number of hydrogen-bond donors (Lipinski definition) is 0. The van der Waals surface area contributed by atoms with E-state index in [-0.39, 0.29) is 0 Å². The lowest BCUT2D eigenvalue weighted by atomic mass is 9.96. The fourth-order valence-corrected chi connectivity index (χ4v) is 2.99. The lowest BCUT2D eigenvalue weighted by Crippen LogP contribution is -2.48. The van der Waals surface area contributed by atoms with Crippen molar-refractivity contribution in [2.45, 2.75) is 12.5 Å². The summed E-state index contributed by atoms with van der Waals surface area (Å²) in [7, 11) is 1.89. The molecule has 1 saturated heterocycles. The first-order chi connectivity index (χ1) is 10.5. The van der Waals surface area contributed by atoms with Crippen molar-refractivity contribution in [1.82, 2.24) is 9.78 Å². The zero-order valence-corrected chi connectivity index (χ0v) is 13.3. The van der Waals surface area contributed by atoms with E-state index in [9.17, 15) is 5.26 Å². The first-order valence-corrected chi connectivity index (χ1v) is 7.47. The second-order valence-electron chi connectivity index (χ2n) is 5.68. The molecule has 2 aromatic rings. The summed E-state index contributed by atoms with van der Waals surface area (Å²) in [4.78, 5) is 2.17. The van der Waals surface area contributed by atoms with Crippen LogP contribution in [0, 0.1) is 11.3 Å². The van der Waals surface area contributed by atoms with Crippen LogP contribution in [0.25, 0.3) is 0 Å². The fourth-order valence-electron chi connectivity index (χ4n) is 2.82. The number of rotatable bonds is 2. The Bertz CT molecular complexity index is 736. The number of nitriles is 1. The second-order valence-corrected chi connectivity index (χ2v) is 6.11. The maximum Gasteiger partial charge on any atom is 0.111 e. The number of ether oxygens (including phenoxy) is 1. The summed E-state index contributed by atoms with van der Waals surface area (Å²) in [6.45, 7) is 4.05. The lowest BCUT2D eigenvalue weighted by molar-refractivity contribution is -0.0466. The van der Waals surface area contributed by atoms with Crippen molar-refractivity contribution in [3.05, 3.63) is 46.7 Å². The summed E-state index contributed by atoms with van der Waals surface area (Å²) in [5, 5.41) is 14.1. The van der Waals surface area contributed by atoms with Gasteiger partial charge in [-0.1, -0.05) is 11.6 Å². The number of benzene rings is 1. The molecule has 1 aromatic heterocycles. The summed E-state index contributed by atoms with van der Waals surface area (Å²) < 4.78 is 7.78. The highest BCUT2D eigenvalue weighted by Crippen LogP contribution is 2.33. The molecule has 3 rings (SSSR count). The maximum atomic E-state index is 9.34. The van der Waals surface area contributed by atoms with Crippen LogP contribution in [0.5, 0.6) is 0 Å². The minimum absolute atomic E-state index is 0.446. The van der Waals surface area contributed by atoms with Crippen molar-refractivity contribution >= 4 is 17.3 Å². The molecule has 0 radical (unpaired) electrons. The Morgan fingerprint density at radius 1 is 1.45 bits per heavy atom. The van der Waals surface area contributed by atoms with Crippen LogP contribution in [0.15, 0.2) is 30.6 Å². The van der Waals surface area contributed by atoms with Crippen LogP contribution >= 0.6 is 11.6 Å². The summed E-state index contributed by atoms with van der Waals surface area (Å²) in [5.41, 5.74) is 2.07. The van der Waals surface area contributed by atoms with Gasteiger partial charge in [0.15, 0.2) is 0 Å². The van der Waals surface area contributed by atoms with Crippen LogP contribution in [0.4, 0.5) is 5.69 Å². The normalized spacial score (nSPS) is 21.6. The largest absolute Gasteiger partial charge is 0.367 e. The van der Waals surface area contributed by atoms with E-state index in [4.69, 9.17) is 16.3 Å². The van der Waals surface area contributed by atoms with E-state index in [1.807, 2.05) is 31.6 Å². The Labute approximate surface area is 134 Å². The van der Waals surface area contributed by atoms with E-state index < -0.39 is 5.60 Å². The van der Waals surface area contributed by atoms with Gasteiger partial charge in [-0.15, -0.1) is 0 Å². The topological polar surface area (TPSA) is 54.1 Å². The van der Waals surface area contributed by atoms with Gasteiger partial charge in [0.25, 0.3) is 0 Å². The fraction of sp³-hybridized carbons (Fsp3) is 0.375. The van der Waals surface area contributed by atoms with Crippen molar-refractivity contribution < 1.29 is 4.74 Å². The molecule has 0 amide bonds. The van der Waals surface area contributed by atoms with E-state index in [1.165, 1.54) is 0 Å². The molecule has 0 bridgehead atoms. The van der Waals surface area contributed by atoms with Gasteiger partial charge in [-0.05, 0) is 25.1 Å². The van der Waals surface area contributed by atoms with Crippen LogP contribution in [-0.4, -0.2) is 29.5 Å². The van der Waals surface area contributed by atoms with Gasteiger partial charge in [0.05, 0.1) is 30.6 Å². The zero-order chi connectivity index (χ0) is 15.7. The predicted octanol–water partition coefficient (Wildman–Crippen LogP) is 2.70. The molecule has 2 heterocycles. The highest BCUT2D eigenvalue weighted by atomic mass is 35.5. The minimum atomic E-state index is -0.446. The molecule has 1 aliphatic heterocycles. The van der Waals surface area contributed by atoms with Gasteiger partial charge in [0, 0.05) is 30.4 Å². The van der Waals surface area contributed by atoms with Crippen LogP contribution < -0.4 is 4.90 Å². The second kappa shape index (κ2) is 5.64. The molecular weight excluding hydrogens is 300 g/mol. The lowest BCUT2D eigenvalue weighted by Gasteiger charge is -2.41. The Hall–Kier alpha value is -2.03. The van der Waals surface area contributed by atoms with Crippen LogP contribution in [-0.2, 0) is 17.4 Å². The molecule has 5 nitrogen and oxygen atoms in total. The number of aryl methyl sites for hydroxylation is 1. The molecule has 0 spiro atoms. The van der Waals surface area contributed by atoms with E-state index >= 15 is 0 Å². The first-order valence-electron chi connectivity index (χ1n) is 7.09. The SMILES string of the molecule is Cn1cc(C2(C)CN(c3ccc(Cl)cc3C#N)CCO2)cn1. The molecule has 1 fully saturated rings. The molecule has 22 heavy (non-hydrogen) atoms. The monoisotopic (exact) mass is 316 g/mol. The van der Waals surface area contributed by atoms with Gasteiger partial charge in [0.2, 0.25) is 0 Å². The average molecular weight is 317 g/mol. The van der Waals surface area contributed by atoms with E-state index in [0.717, 1.165) is 17.8 Å². The van der Waals surface area contributed by atoms with Crippen molar-refractivity contribution in [3.63, 3.8) is 0 Å². The van der Waals surface area contributed by atoms with Crippen LogP contribution in [0.1, 0.15) is 18.1 Å². The summed E-state index contributed by atoms with van der Waals surface area (Å²) in [5.74, 6) is 0. The Morgan fingerprint density at radius 3 is 2.95 bits per heavy atom. The van der Waals surface area contributed by atoms with Gasteiger partial charge in [-0.25, -0.2) is 0 Å². The van der Waals surface area contributed by atoms with Crippen molar-refractivity contribution in [3.8, 4) is 6.07 Å². The number of halogens is 1. The third-order valence-corrected chi connectivity index (χ3v) is 4.24. The van der Waals surface area contributed by atoms with Crippen LogP contribution in [0.3, 0.4) is 0 Å². The molecular formula is C16H17ClN4O.